The first kappa shape index (κ1) is 14.4. The molecule has 0 bridgehead atoms. The van der Waals surface area contributed by atoms with E-state index in [1.807, 2.05) is 6.07 Å². The van der Waals surface area contributed by atoms with E-state index in [1.54, 1.807) is 0 Å². The maximum Gasteiger partial charge on any atom is 0.127 e. The van der Waals surface area contributed by atoms with Gasteiger partial charge in [0, 0.05) is 25.0 Å². The highest BCUT2D eigenvalue weighted by molar-refractivity contribution is 5.88. The van der Waals surface area contributed by atoms with Crippen LogP contribution in [0.1, 0.15) is 13.8 Å². The molecule has 1 saturated heterocycles. The summed E-state index contributed by atoms with van der Waals surface area (Å²) >= 11 is 0. The summed E-state index contributed by atoms with van der Waals surface area (Å²) < 4.78 is 11.8. The Kier molecular flexibility index (Phi) is 4.42. The fourth-order valence-electron chi connectivity index (χ4n) is 3.07. The van der Waals surface area contributed by atoms with Crippen molar-refractivity contribution in [1.29, 1.82) is 0 Å². The number of hydrogen-bond acceptors (Lipinski definition) is 3. The van der Waals surface area contributed by atoms with Gasteiger partial charge in [-0.1, -0.05) is 36.4 Å². The van der Waals surface area contributed by atoms with Crippen molar-refractivity contribution in [2.75, 3.05) is 26.2 Å². The van der Waals surface area contributed by atoms with Crippen molar-refractivity contribution in [2.45, 2.75) is 26.1 Å². The minimum Gasteiger partial charge on any atom is -0.492 e. The number of fused-ring (bicyclic) bond motifs is 1. The van der Waals surface area contributed by atoms with Gasteiger partial charge in [-0.3, -0.25) is 4.90 Å². The van der Waals surface area contributed by atoms with Crippen molar-refractivity contribution in [3.8, 4) is 5.75 Å². The Hall–Kier alpha value is -1.58. The molecule has 0 N–H and O–H groups in total. The van der Waals surface area contributed by atoms with Crippen molar-refractivity contribution in [1.82, 2.24) is 4.90 Å². The zero-order valence-corrected chi connectivity index (χ0v) is 12.8. The molecule has 1 fully saturated rings. The Morgan fingerprint density at radius 3 is 2.57 bits per heavy atom. The highest BCUT2D eigenvalue weighted by Gasteiger charge is 2.21. The molecular weight excluding hydrogens is 262 g/mol. The van der Waals surface area contributed by atoms with Gasteiger partial charge in [0.1, 0.15) is 12.4 Å². The normalized spacial score (nSPS) is 23.3. The van der Waals surface area contributed by atoms with E-state index in [0.717, 1.165) is 25.4 Å². The molecule has 3 nitrogen and oxygen atoms in total. The lowest BCUT2D eigenvalue weighted by molar-refractivity contribution is -0.0699. The molecule has 0 unspecified atom stereocenters. The van der Waals surface area contributed by atoms with Gasteiger partial charge in [0.2, 0.25) is 0 Å². The van der Waals surface area contributed by atoms with Crippen LogP contribution in [0.3, 0.4) is 0 Å². The molecule has 1 heterocycles. The third kappa shape index (κ3) is 3.55. The molecule has 0 spiro atoms. The lowest BCUT2D eigenvalue weighted by atomic mass is 10.1. The SMILES string of the molecule is C[C@@H]1CN(CCOc2cccc3ccccc23)C[C@@H](C)O1. The molecule has 2 aromatic carbocycles. The van der Waals surface area contributed by atoms with Crippen LogP contribution in [0.2, 0.25) is 0 Å². The summed E-state index contributed by atoms with van der Waals surface area (Å²) in [6.45, 7) is 7.91. The van der Waals surface area contributed by atoms with E-state index in [0.29, 0.717) is 18.8 Å². The molecule has 0 saturated carbocycles. The van der Waals surface area contributed by atoms with Crippen molar-refractivity contribution >= 4 is 10.8 Å². The van der Waals surface area contributed by atoms with Crippen LogP contribution in [0.15, 0.2) is 42.5 Å². The molecule has 3 rings (SSSR count). The van der Waals surface area contributed by atoms with Gasteiger partial charge in [0.25, 0.3) is 0 Å². The number of morpholine rings is 1. The van der Waals surface area contributed by atoms with E-state index in [1.165, 1.54) is 10.8 Å². The van der Waals surface area contributed by atoms with E-state index in [4.69, 9.17) is 9.47 Å². The molecule has 2 atom stereocenters. The predicted octanol–water partition coefficient (Wildman–Crippen LogP) is 3.33. The zero-order valence-electron chi connectivity index (χ0n) is 12.8. The lowest BCUT2D eigenvalue weighted by Crippen LogP contribution is -2.46. The van der Waals surface area contributed by atoms with Crippen LogP contribution in [0.25, 0.3) is 10.8 Å². The number of nitrogens with zero attached hydrogens (tertiary/aromatic N) is 1. The van der Waals surface area contributed by atoms with Crippen LogP contribution in [0.4, 0.5) is 0 Å². The third-order valence-electron chi connectivity index (χ3n) is 3.91. The van der Waals surface area contributed by atoms with Crippen LogP contribution in [-0.2, 0) is 4.74 Å². The monoisotopic (exact) mass is 285 g/mol. The van der Waals surface area contributed by atoms with Crippen LogP contribution in [-0.4, -0.2) is 43.3 Å². The Morgan fingerprint density at radius 2 is 1.76 bits per heavy atom. The number of hydrogen-bond donors (Lipinski definition) is 0. The van der Waals surface area contributed by atoms with Crippen LogP contribution in [0.5, 0.6) is 5.75 Å². The molecule has 112 valence electrons. The molecule has 1 aliphatic rings. The van der Waals surface area contributed by atoms with Gasteiger partial charge in [-0.25, -0.2) is 0 Å². The summed E-state index contributed by atoms with van der Waals surface area (Å²) in [5.74, 6) is 0.974. The summed E-state index contributed by atoms with van der Waals surface area (Å²) in [5, 5.41) is 2.41. The van der Waals surface area contributed by atoms with Crippen LogP contribution >= 0.6 is 0 Å². The van der Waals surface area contributed by atoms with Crippen molar-refractivity contribution in [3.63, 3.8) is 0 Å². The van der Waals surface area contributed by atoms with Gasteiger partial charge in [-0.05, 0) is 25.3 Å². The standard InChI is InChI=1S/C18H23NO2/c1-14-12-19(13-15(2)21-14)10-11-20-18-9-5-7-16-6-3-4-8-17(16)18/h3-9,14-15H,10-13H2,1-2H3/t14-,15-/m1/s1. The van der Waals surface area contributed by atoms with Crippen LogP contribution < -0.4 is 4.74 Å². The first-order valence-corrected chi connectivity index (χ1v) is 7.71. The molecule has 0 aromatic heterocycles. The molecule has 0 aliphatic carbocycles. The fourth-order valence-corrected chi connectivity index (χ4v) is 3.07. The Labute approximate surface area is 126 Å². The molecular formula is C18H23NO2. The molecule has 0 amide bonds. The number of rotatable bonds is 4. The lowest BCUT2D eigenvalue weighted by Gasteiger charge is -2.35. The van der Waals surface area contributed by atoms with Crippen molar-refractivity contribution < 1.29 is 9.47 Å². The summed E-state index contributed by atoms with van der Waals surface area (Å²) in [6.07, 6.45) is 0.623. The smallest absolute Gasteiger partial charge is 0.127 e. The fraction of sp³-hybridized carbons (Fsp3) is 0.444. The Morgan fingerprint density at radius 1 is 1.05 bits per heavy atom. The topological polar surface area (TPSA) is 21.7 Å². The van der Waals surface area contributed by atoms with E-state index < -0.39 is 0 Å². The summed E-state index contributed by atoms with van der Waals surface area (Å²) in [6, 6.07) is 14.6. The second-order valence-electron chi connectivity index (χ2n) is 5.84. The maximum absolute atomic E-state index is 6.01. The average molecular weight is 285 g/mol. The Balaban J connectivity index is 1.59. The van der Waals surface area contributed by atoms with Gasteiger partial charge >= 0.3 is 0 Å². The van der Waals surface area contributed by atoms with E-state index in [2.05, 4.69) is 55.1 Å². The first-order chi connectivity index (χ1) is 10.2. The second kappa shape index (κ2) is 6.46. The first-order valence-electron chi connectivity index (χ1n) is 7.71. The van der Waals surface area contributed by atoms with Gasteiger partial charge in [-0.2, -0.15) is 0 Å². The van der Waals surface area contributed by atoms with E-state index >= 15 is 0 Å². The van der Waals surface area contributed by atoms with Crippen molar-refractivity contribution in [3.05, 3.63) is 42.5 Å². The molecule has 1 aliphatic heterocycles. The van der Waals surface area contributed by atoms with E-state index in [9.17, 15) is 0 Å². The highest BCUT2D eigenvalue weighted by Crippen LogP contribution is 2.25. The van der Waals surface area contributed by atoms with Gasteiger partial charge in [-0.15, -0.1) is 0 Å². The summed E-state index contributed by atoms with van der Waals surface area (Å²) in [5.41, 5.74) is 0. The third-order valence-corrected chi connectivity index (χ3v) is 3.91. The Bertz CT molecular complexity index is 583. The zero-order chi connectivity index (χ0) is 14.7. The summed E-state index contributed by atoms with van der Waals surface area (Å²) in [4.78, 5) is 2.42. The molecule has 0 radical (unpaired) electrons. The second-order valence-corrected chi connectivity index (χ2v) is 5.84. The average Bonchev–Trinajstić information content (AvgIpc) is 2.46. The van der Waals surface area contributed by atoms with Gasteiger partial charge < -0.3 is 9.47 Å². The van der Waals surface area contributed by atoms with E-state index in [-0.39, 0.29) is 0 Å². The van der Waals surface area contributed by atoms with Gasteiger partial charge in [0.15, 0.2) is 0 Å². The number of benzene rings is 2. The maximum atomic E-state index is 6.01. The predicted molar refractivity (Wildman–Crippen MR) is 85.9 cm³/mol. The number of ether oxygens (including phenoxy) is 2. The van der Waals surface area contributed by atoms with Gasteiger partial charge in [0.05, 0.1) is 12.2 Å². The van der Waals surface area contributed by atoms with Crippen molar-refractivity contribution in [2.24, 2.45) is 0 Å². The largest absolute Gasteiger partial charge is 0.492 e. The summed E-state index contributed by atoms with van der Waals surface area (Å²) in [7, 11) is 0. The minimum atomic E-state index is 0.311. The molecule has 3 heteroatoms. The van der Waals surface area contributed by atoms with Crippen LogP contribution in [0, 0.1) is 0 Å². The highest BCUT2D eigenvalue weighted by atomic mass is 16.5. The minimum absolute atomic E-state index is 0.311. The molecule has 2 aromatic rings. The molecule has 21 heavy (non-hydrogen) atoms. The quantitative estimate of drug-likeness (QED) is 0.860.